The zero-order valence-electron chi connectivity index (χ0n) is 19.6. The Labute approximate surface area is 218 Å². The van der Waals surface area contributed by atoms with Crippen LogP contribution in [0.4, 0.5) is 0 Å². The number of hydrogen-bond acceptors (Lipinski definition) is 6. The van der Waals surface area contributed by atoms with Gasteiger partial charge in [0.1, 0.15) is 17.2 Å². The average Bonchev–Trinajstić information content (AvgIpc) is 3.41. The van der Waals surface area contributed by atoms with Gasteiger partial charge in [0.2, 0.25) is 5.91 Å². The maximum atomic E-state index is 13.1. The number of amides is 3. The maximum absolute atomic E-state index is 13.1. The van der Waals surface area contributed by atoms with Crippen molar-refractivity contribution in [3.05, 3.63) is 81.3 Å². The van der Waals surface area contributed by atoms with E-state index in [1.54, 1.807) is 23.7 Å². The van der Waals surface area contributed by atoms with Crippen molar-refractivity contribution in [2.75, 3.05) is 26.2 Å². The van der Waals surface area contributed by atoms with E-state index in [4.69, 9.17) is 16.3 Å². The smallest absolute Gasteiger partial charge is 0.266 e. The van der Waals surface area contributed by atoms with E-state index in [1.165, 1.54) is 22.4 Å². The Morgan fingerprint density at radius 2 is 2.00 bits per heavy atom. The molecule has 0 aliphatic carbocycles. The van der Waals surface area contributed by atoms with Crippen molar-refractivity contribution in [2.24, 2.45) is 0 Å². The van der Waals surface area contributed by atoms with E-state index < -0.39 is 6.04 Å². The summed E-state index contributed by atoms with van der Waals surface area (Å²) in [5.74, 6) is -0.415. The highest BCUT2D eigenvalue weighted by atomic mass is 35.5. The molecule has 2 N–H and O–H groups in total. The average molecular weight is 527 g/mol. The summed E-state index contributed by atoms with van der Waals surface area (Å²) in [7, 11) is 0. The van der Waals surface area contributed by atoms with Crippen LogP contribution in [0.1, 0.15) is 38.4 Å². The Balaban J connectivity index is 1.57. The van der Waals surface area contributed by atoms with Gasteiger partial charge in [-0.15, -0.1) is 11.3 Å². The van der Waals surface area contributed by atoms with Crippen LogP contribution in [0.2, 0.25) is 5.02 Å². The first-order chi connectivity index (χ1) is 17.5. The van der Waals surface area contributed by atoms with Gasteiger partial charge in [-0.05, 0) is 43.0 Å². The van der Waals surface area contributed by atoms with Crippen molar-refractivity contribution < 1.29 is 19.1 Å². The fraction of sp³-hybridized carbons (Fsp3) is 0.308. The van der Waals surface area contributed by atoms with Crippen LogP contribution in [-0.2, 0) is 11.2 Å². The van der Waals surface area contributed by atoms with E-state index in [-0.39, 0.29) is 30.9 Å². The summed E-state index contributed by atoms with van der Waals surface area (Å²) in [6.07, 6.45) is 3.27. The minimum absolute atomic E-state index is 0.0828. The SMILES string of the molecule is O=C1CN(C(=O)c2cncs2)CCCCNC(=O)c2cc(Cl)ccc2OC[C@H](Cc2ccccc2)N1. The Morgan fingerprint density at radius 3 is 2.78 bits per heavy atom. The van der Waals surface area contributed by atoms with Crippen LogP contribution in [0, 0.1) is 0 Å². The van der Waals surface area contributed by atoms with Crippen LogP contribution < -0.4 is 15.4 Å². The minimum atomic E-state index is -0.392. The number of thiazole rings is 1. The fourth-order valence-corrected chi connectivity index (χ4v) is 4.71. The van der Waals surface area contributed by atoms with Gasteiger partial charge < -0.3 is 20.3 Å². The molecule has 1 atom stereocenters. The largest absolute Gasteiger partial charge is 0.491 e. The number of halogens is 1. The van der Waals surface area contributed by atoms with Crippen LogP contribution in [0.3, 0.4) is 0 Å². The number of ether oxygens (including phenoxy) is 1. The third kappa shape index (κ3) is 7.05. The zero-order valence-corrected chi connectivity index (χ0v) is 21.2. The topological polar surface area (TPSA) is 101 Å². The van der Waals surface area contributed by atoms with E-state index in [0.29, 0.717) is 53.6 Å². The second-order valence-corrected chi connectivity index (χ2v) is 9.78. The predicted molar refractivity (Wildman–Crippen MR) is 139 cm³/mol. The maximum Gasteiger partial charge on any atom is 0.266 e. The molecule has 0 unspecified atom stereocenters. The minimum Gasteiger partial charge on any atom is -0.491 e. The van der Waals surface area contributed by atoms with Gasteiger partial charge >= 0.3 is 0 Å². The molecular weight excluding hydrogens is 500 g/mol. The Bertz CT molecular complexity index is 1190. The summed E-state index contributed by atoms with van der Waals surface area (Å²) >= 11 is 7.38. The molecule has 1 aromatic heterocycles. The summed E-state index contributed by atoms with van der Waals surface area (Å²) < 4.78 is 6.03. The van der Waals surface area contributed by atoms with Crippen LogP contribution in [0.25, 0.3) is 0 Å². The van der Waals surface area contributed by atoms with E-state index in [9.17, 15) is 14.4 Å². The van der Waals surface area contributed by atoms with Crippen molar-refractivity contribution in [1.82, 2.24) is 20.5 Å². The fourth-order valence-electron chi connectivity index (χ4n) is 3.95. The van der Waals surface area contributed by atoms with Crippen molar-refractivity contribution >= 4 is 40.7 Å². The van der Waals surface area contributed by atoms with Gasteiger partial charge in [-0.1, -0.05) is 41.9 Å². The molecule has 2 aromatic carbocycles. The molecule has 2 heterocycles. The van der Waals surface area contributed by atoms with Crippen LogP contribution in [-0.4, -0.2) is 59.9 Å². The Hall–Kier alpha value is -3.43. The zero-order chi connectivity index (χ0) is 25.3. The lowest BCUT2D eigenvalue weighted by Gasteiger charge is -2.24. The van der Waals surface area contributed by atoms with Gasteiger partial charge in [0.15, 0.2) is 0 Å². The second-order valence-electron chi connectivity index (χ2n) is 8.46. The highest BCUT2D eigenvalue weighted by molar-refractivity contribution is 7.11. The number of benzene rings is 2. The number of nitrogens with one attached hydrogen (secondary N) is 2. The lowest BCUT2D eigenvalue weighted by atomic mass is 10.1. The molecular formula is C26H27ClN4O4S. The monoisotopic (exact) mass is 526 g/mol. The number of hydrogen-bond donors (Lipinski definition) is 2. The summed E-state index contributed by atoms with van der Waals surface area (Å²) in [4.78, 5) is 45.0. The van der Waals surface area contributed by atoms with Gasteiger partial charge in [0.25, 0.3) is 11.8 Å². The number of carbonyl (C=O) groups is 3. The van der Waals surface area contributed by atoms with Gasteiger partial charge in [0, 0.05) is 18.1 Å². The molecule has 3 aromatic rings. The first-order valence-corrected chi connectivity index (χ1v) is 13.0. The van der Waals surface area contributed by atoms with Gasteiger partial charge in [-0.3, -0.25) is 19.4 Å². The number of rotatable bonds is 3. The van der Waals surface area contributed by atoms with Crippen LogP contribution >= 0.6 is 22.9 Å². The van der Waals surface area contributed by atoms with Crippen LogP contribution in [0.15, 0.2) is 60.2 Å². The molecule has 10 heteroatoms. The number of nitrogens with zero attached hydrogens (tertiary/aromatic N) is 2. The molecule has 36 heavy (non-hydrogen) atoms. The van der Waals surface area contributed by atoms with E-state index in [0.717, 1.165) is 5.56 Å². The van der Waals surface area contributed by atoms with E-state index >= 15 is 0 Å². The number of aromatic nitrogens is 1. The van der Waals surface area contributed by atoms with Crippen molar-refractivity contribution in [2.45, 2.75) is 25.3 Å². The standard InChI is InChI=1S/C26H27ClN4O4S/c27-19-8-9-22-21(13-19)25(33)29-10-4-5-11-31(26(34)23-14-28-17-36-23)15-24(32)30-20(16-35-22)12-18-6-2-1-3-7-18/h1-3,6-9,13-14,17,20H,4-5,10-12,15-16H2,(H,29,33)(H,30,32)/t20-/m0/s1. The number of fused-ring (bicyclic) bond motifs is 1. The molecule has 3 amide bonds. The van der Waals surface area contributed by atoms with Crippen LogP contribution in [0.5, 0.6) is 5.75 Å². The molecule has 188 valence electrons. The molecule has 1 aliphatic rings. The molecule has 4 rings (SSSR count). The normalized spacial score (nSPS) is 17.6. The Kier molecular flexibility index (Phi) is 8.91. The third-order valence-corrected chi connectivity index (χ3v) is 6.72. The molecule has 0 fully saturated rings. The number of carbonyl (C=O) groups excluding carboxylic acids is 3. The first-order valence-electron chi connectivity index (χ1n) is 11.7. The molecule has 0 saturated carbocycles. The molecule has 8 nitrogen and oxygen atoms in total. The van der Waals surface area contributed by atoms with Crippen molar-refractivity contribution in [3.63, 3.8) is 0 Å². The first kappa shape index (κ1) is 25.7. The molecule has 0 saturated heterocycles. The van der Waals surface area contributed by atoms with Crippen molar-refractivity contribution in [3.8, 4) is 5.75 Å². The third-order valence-electron chi connectivity index (χ3n) is 5.72. The lowest BCUT2D eigenvalue weighted by Crippen LogP contribution is -2.47. The quantitative estimate of drug-likeness (QED) is 0.543. The molecule has 0 radical (unpaired) electrons. The second kappa shape index (κ2) is 12.5. The summed E-state index contributed by atoms with van der Waals surface area (Å²) in [6.45, 7) is 0.838. The highest BCUT2D eigenvalue weighted by Gasteiger charge is 2.23. The van der Waals surface area contributed by atoms with Crippen molar-refractivity contribution in [1.29, 1.82) is 0 Å². The molecule has 0 spiro atoms. The van der Waals surface area contributed by atoms with E-state index in [1.807, 2.05) is 30.3 Å². The molecule has 0 bridgehead atoms. The summed E-state index contributed by atoms with van der Waals surface area (Å²) in [5.41, 5.74) is 2.95. The van der Waals surface area contributed by atoms with Gasteiger partial charge in [0.05, 0.1) is 29.9 Å². The Morgan fingerprint density at radius 1 is 1.17 bits per heavy atom. The summed E-state index contributed by atoms with van der Waals surface area (Å²) in [6, 6.07) is 14.2. The lowest BCUT2D eigenvalue weighted by molar-refractivity contribution is -0.122. The van der Waals surface area contributed by atoms with E-state index in [2.05, 4.69) is 15.6 Å². The molecule has 1 aliphatic heterocycles. The summed E-state index contributed by atoms with van der Waals surface area (Å²) in [5, 5.41) is 6.34. The highest BCUT2D eigenvalue weighted by Crippen LogP contribution is 2.23. The van der Waals surface area contributed by atoms with Gasteiger partial charge in [-0.2, -0.15) is 0 Å². The predicted octanol–water partition coefficient (Wildman–Crippen LogP) is 3.57. The van der Waals surface area contributed by atoms with Gasteiger partial charge in [-0.25, -0.2) is 0 Å².